The fourth-order valence-electron chi connectivity index (χ4n) is 2.94. The van der Waals surface area contributed by atoms with Gasteiger partial charge in [-0.3, -0.25) is 4.79 Å². The minimum absolute atomic E-state index is 0.0627. The molecule has 0 fully saturated rings. The molecule has 0 aliphatic carbocycles. The maximum absolute atomic E-state index is 14.1. The number of rotatable bonds is 4. The van der Waals surface area contributed by atoms with E-state index in [0.29, 0.717) is 0 Å². The van der Waals surface area contributed by atoms with Gasteiger partial charge in [0.2, 0.25) is 5.95 Å². The summed E-state index contributed by atoms with van der Waals surface area (Å²) in [5.41, 5.74) is -9.44. The average Bonchev–Trinajstić information content (AvgIpc) is 2.75. The summed E-state index contributed by atoms with van der Waals surface area (Å²) in [6.45, 7) is 0. The maximum atomic E-state index is 14.1. The van der Waals surface area contributed by atoms with E-state index in [1.807, 2.05) is 0 Å². The molecular weight excluding hydrogens is 578 g/mol. The Bertz CT molecular complexity index is 1380. The highest BCUT2D eigenvalue weighted by molar-refractivity contribution is 6.31. The molecule has 37 heavy (non-hydrogen) atoms. The smallest absolute Gasteiger partial charge is 0.325 e. The number of alkyl halides is 11. The van der Waals surface area contributed by atoms with Gasteiger partial charge in [-0.25, -0.2) is 9.55 Å². The fraction of sp³-hybridized carbons (Fsp3) is 0.200. The number of aromatic nitrogens is 2. The van der Waals surface area contributed by atoms with E-state index in [0.717, 1.165) is 24.3 Å². The van der Waals surface area contributed by atoms with E-state index in [-0.39, 0.29) is 33.5 Å². The Morgan fingerprint density at radius 1 is 0.784 bits per heavy atom. The van der Waals surface area contributed by atoms with E-state index in [9.17, 15) is 53.1 Å². The van der Waals surface area contributed by atoms with Crippen molar-refractivity contribution >= 4 is 34.8 Å². The van der Waals surface area contributed by atoms with Crippen LogP contribution >= 0.6 is 23.2 Å². The topological polar surface area (TPSA) is 46.9 Å². The Kier molecular flexibility index (Phi) is 7.20. The molecule has 0 saturated heterocycles. The van der Waals surface area contributed by atoms with Crippen LogP contribution in [0.2, 0.25) is 10.0 Å². The largest absolute Gasteiger partial charge is 0.459 e. The molecule has 0 aliphatic rings. The summed E-state index contributed by atoms with van der Waals surface area (Å²) in [6.07, 6.45) is -17.0. The van der Waals surface area contributed by atoms with Gasteiger partial charge in [-0.05, 0) is 42.5 Å². The number of hydrogen-bond acceptors (Lipinski definition) is 3. The molecule has 0 bridgehead atoms. The highest BCUT2D eigenvalue weighted by Gasteiger charge is 2.61. The van der Waals surface area contributed by atoms with Crippen molar-refractivity contribution in [2.24, 2.45) is 0 Å². The number of nitrogens with one attached hydrogen (secondary N) is 1. The first-order chi connectivity index (χ1) is 16.7. The molecule has 200 valence electrons. The lowest BCUT2D eigenvalue weighted by atomic mass is 10.1. The summed E-state index contributed by atoms with van der Waals surface area (Å²) in [5.74, 6) is -7.19. The average molecular weight is 586 g/mol. The van der Waals surface area contributed by atoms with Crippen molar-refractivity contribution in [3.05, 3.63) is 79.7 Å². The van der Waals surface area contributed by atoms with Crippen LogP contribution in [0.25, 0.3) is 5.69 Å². The molecule has 0 aliphatic heterocycles. The summed E-state index contributed by atoms with van der Waals surface area (Å²) in [5, 5.41) is 0.0899. The second-order valence-electron chi connectivity index (χ2n) is 7.17. The van der Waals surface area contributed by atoms with Crippen molar-refractivity contribution in [1.29, 1.82) is 0 Å². The minimum atomic E-state index is -6.33. The van der Waals surface area contributed by atoms with Crippen LogP contribution in [0.5, 0.6) is 0 Å². The third kappa shape index (κ3) is 5.61. The van der Waals surface area contributed by atoms with Crippen molar-refractivity contribution in [2.45, 2.75) is 24.5 Å². The molecule has 4 nitrogen and oxygen atoms in total. The normalized spacial score (nSPS) is 13.1. The van der Waals surface area contributed by atoms with Gasteiger partial charge in [0.05, 0.1) is 22.5 Å². The van der Waals surface area contributed by atoms with Gasteiger partial charge in [0.15, 0.2) is 0 Å². The Labute approximate surface area is 208 Å². The number of anilines is 2. The predicted octanol–water partition coefficient (Wildman–Crippen LogP) is 7.97. The van der Waals surface area contributed by atoms with E-state index in [2.05, 4.69) is 4.98 Å². The van der Waals surface area contributed by atoms with Gasteiger partial charge >= 0.3 is 24.5 Å². The molecule has 0 atom stereocenters. The Morgan fingerprint density at radius 3 is 1.84 bits per heavy atom. The Balaban J connectivity index is 2.35. The van der Waals surface area contributed by atoms with Crippen LogP contribution in [0.4, 0.5) is 59.9 Å². The summed E-state index contributed by atoms with van der Waals surface area (Å²) in [6, 6.07) is 4.38. The molecular formula is C20H8Cl2F11N3O. The molecule has 2 aromatic carbocycles. The van der Waals surface area contributed by atoms with Gasteiger partial charge in [0.1, 0.15) is 10.7 Å². The summed E-state index contributed by atoms with van der Waals surface area (Å²) >= 11 is 11.2. The summed E-state index contributed by atoms with van der Waals surface area (Å²) in [4.78, 5) is 15.8. The minimum Gasteiger partial charge on any atom is -0.325 e. The van der Waals surface area contributed by atoms with Crippen LogP contribution < -0.4 is 10.9 Å². The first kappa shape index (κ1) is 28.5. The molecule has 3 aromatic rings. The Morgan fingerprint density at radius 2 is 1.35 bits per heavy atom. The van der Waals surface area contributed by atoms with Crippen LogP contribution in [-0.4, -0.2) is 15.7 Å². The second-order valence-corrected chi connectivity index (χ2v) is 7.98. The summed E-state index contributed by atoms with van der Waals surface area (Å²) in [7, 11) is 0. The maximum Gasteiger partial charge on any atom is 0.459 e. The quantitative estimate of drug-likeness (QED) is 0.316. The highest BCUT2D eigenvalue weighted by atomic mass is 35.5. The van der Waals surface area contributed by atoms with Crippen molar-refractivity contribution in [1.82, 2.24) is 9.55 Å². The zero-order valence-electron chi connectivity index (χ0n) is 17.3. The van der Waals surface area contributed by atoms with Gasteiger partial charge in [0.25, 0.3) is 5.56 Å². The molecule has 0 saturated carbocycles. The van der Waals surface area contributed by atoms with Gasteiger partial charge in [-0.15, -0.1) is 0 Å². The van der Waals surface area contributed by atoms with Gasteiger partial charge in [-0.2, -0.15) is 48.3 Å². The van der Waals surface area contributed by atoms with Crippen molar-refractivity contribution in [3.63, 3.8) is 0 Å². The molecule has 0 amide bonds. The van der Waals surface area contributed by atoms with Crippen LogP contribution in [0.3, 0.4) is 0 Å². The molecule has 17 heteroatoms. The van der Waals surface area contributed by atoms with Gasteiger partial charge in [0, 0.05) is 5.02 Å². The highest BCUT2D eigenvalue weighted by Crippen LogP contribution is 2.46. The van der Waals surface area contributed by atoms with E-state index >= 15 is 0 Å². The lowest BCUT2D eigenvalue weighted by molar-refractivity contribution is -0.290. The van der Waals surface area contributed by atoms with Crippen molar-refractivity contribution in [2.75, 3.05) is 5.32 Å². The van der Waals surface area contributed by atoms with Gasteiger partial charge in [-0.1, -0.05) is 23.2 Å². The molecule has 1 heterocycles. The predicted molar refractivity (Wildman–Crippen MR) is 110 cm³/mol. The second kappa shape index (κ2) is 9.35. The zero-order chi connectivity index (χ0) is 28.1. The first-order valence-corrected chi connectivity index (χ1v) is 10.1. The standard InChI is InChI=1S/C20H8Cl2F11N3O/c21-9-2-4-10(5-3-9)36-15(37)13(22)14(17(23,24)20(31,32)33)35-16(36)34-12-6-1-8(18(25,26)27)7-11(12)19(28,29)30/h1-7H,(H,34,35). The van der Waals surface area contributed by atoms with E-state index in [1.165, 1.54) is 0 Å². The van der Waals surface area contributed by atoms with Gasteiger partial charge < -0.3 is 5.32 Å². The van der Waals surface area contributed by atoms with Crippen LogP contribution in [0.1, 0.15) is 16.8 Å². The molecule has 0 radical (unpaired) electrons. The molecule has 0 unspecified atom stereocenters. The number of hydrogen-bond donors (Lipinski definition) is 1. The van der Waals surface area contributed by atoms with Crippen LogP contribution in [0.15, 0.2) is 47.3 Å². The first-order valence-electron chi connectivity index (χ1n) is 9.34. The van der Waals surface area contributed by atoms with Crippen LogP contribution in [-0.2, 0) is 18.3 Å². The van der Waals surface area contributed by atoms with Crippen molar-refractivity contribution in [3.8, 4) is 5.69 Å². The van der Waals surface area contributed by atoms with E-state index in [1.54, 1.807) is 5.32 Å². The van der Waals surface area contributed by atoms with E-state index in [4.69, 9.17) is 23.2 Å². The fourth-order valence-corrected chi connectivity index (χ4v) is 3.31. The molecule has 3 rings (SSSR count). The van der Waals surface area contributed by atoms with Crippen LogP contribution in [0, 0.1) is 0 Å². The molecule has 1 N–H and O–H groups in total. The SMILES string of the molecule is O=c1c(Cl)c(C(F)(F)C(F)(F)F)nc(Nc2ccc(C(F)(F)F)cc2C(F)(F)F)n1-c1ccc(Cl)cc1. The number of benzene rings is 2. The number of nitrogens with zero attached hydrogens (tertiary/aromatic N) is 2. The zero-order valence-corrected chi connectivity index (χ0v) is 18.8. The number of halogens is 13. The van der Waals surface area contributed by atoms with Crippen molar-refractivity contribution < 1.29 is 48.3 Å². The molecule has 0 spiro atoms. The third-order valence-corrected chi connectivity index (χ3v) is 5.26. The summed E-state index contributed by atoms with van der Waals surface area (Å²) < 4.78 is 147. The lowest BCUT2D eigenvalue weighted by Crippen LogP contribution is -2.38. The molecule has 1 aromatic heterocycles. The monoisotopic (exact) mass is 585 g/mol. The third-order valence-electron chi connectivity index (χ3n) is 4.67. The lowest BCUT2D eigenvalue weighted by Gasteiger charge is -2.23. The van der Waals surface area contributed by atoms with E-state index < -0.39 is 63.5 Å². The Hall–Kier alpha value is -3.07.